The fraction of sp³-hybridized carbons (Fsp3) is 0.222. The fourth-order valence-corrected chi connectivity index (χ4v) is 2.33. The van der Waals surface area contributed by atoms with Crippen LogP contribution in [0.25, 0.3) is 0 Å². The van der Waals surface area contributed by atoms with Crippen molar-refractivity contribution in [2.75, 3.05) is 18.5 Å². The van der Waals surface area contributed by atoms with Crippen LogP contribution in [0, 0.1) is 11.6 Å². The van der Waals surface area contributed by atoms with E-state index < -0.39 is 23.4 Å². The summed E-state index contributed by atoms with van der Waals surface area (Å²) in [4.78, 5) is 23.7. The second-order valence-corrected chi connectivity index (χ2v) is 5.41. The van der Waals surface area contributed by atoms with Crippen molar-refractivity contribution in [1.82, 2.24) is 5.32 Å². The minimum Gasteiger partial charge on any atom is -0.396 e. The highest BCUT2D eigenvalue weighted by Crippen LogP contribution is 2.18. The van der Waals surface area contributed by atoms with Gasteiger partial charge >= 0.3 is 11.8 Å². The van der Waals surface area contributed by atoms with E-state index in [9.17, 15) is 18.4 Å². The number of carbonyl (C=O) groups is 2. The summed E-state index contributed by atoms with van der Waals surface area (Å²) in [6.45, 7) is 0.102. The van der Waals surface area contributed by atoms with Crippen molar-refractivity contribution in [3.8, 4) is 0 Å². The standard InChI is InChI=1S/C18H18F2N2O3/c19-15-7-6-14(10-16(15)20)22-18(25)17(24)21-11-13(8-9-23)12-4-2-1-3-5-12/h1-7,10,13,23H,8-9,11H2,(H,21,24)(H,22,25). The van der Waals surface area contributed by atoms with Gasteiger partial charge in [0.25, 0.3) is 0 Å². The quantitative estimate of drug-likeness (QED) is 0.700. The van der Waals surface area contributed by atoms with E-state index >= 15 is 0 Å². The number of hydrogen-bond donors (Lipinski definition) is 3. The van der Waals surface area contributed by atoms with Crippen molar-refractivity contribution < 1.29 is 23.5 Å². The molecule has 3 N–H and O–H groups in total. The summed E-state index contributed by atoms with van der Waals surface area (Å²) >= 11 is 0. The van der Waals surface area contributed by atoms with Gasteiger partial charge in [0, 0.05) is 30.8 Å². The first-order valence-corrected chi connectivity index (χ1v) is 7.71. The van der Waals surface area contributed by atoms with Crippen molar-refractivity contribution in [2.24, 2.45) is 0 Å². The molecule has 0 aromatic heterocycles. The van der Waals surface area contributed by atoms with Crippen LogP contribution in [0.5, 0.6) is 0 Å². The van der Waals surface area contributed by atoms with E-state index in [0.29, 0.717) is 6.42 Å². The van der Waals surface area contributed by atoms with Crippen LogP contribution in [-0.2, 0) is 9.59 Å². The summed E-state index contributed by atoms with van der Waals surface area (Å²) < 4.78 is 26.0. The molecule has 0 saturated carbocycles. The first-order valence-electron chi connectivity index (χ1n) is 7.71. The Morgan fingerprint density at radius 3 is 2.36 bits per heavy atom. The van der Waals surface area contributed by atoms with Gasteiger partial charge in [-0.1, -0.05) is 30.3 Å². The predicted octanol–water partition coefficient (Wildman–Crippen LogP) is 2.19. The second kappa shape index (κ2) is 8.89. The maximum absolute atomic E-state index is 13.1. The van der Waals surface area contributed by atoms with Gasteiger partial charge in [-0.25, -0.2) is 8.78 Å². The average Bonchev–Trinajstić information content (AvgIpc) is 2.62. The molecule has 0 radical (unpaired) electrons. The number of anilines is 1. The van der Waals surface area contributed by atoms with Gasteiger partial charge in [0.05, 0.1) is 0 Å². The van der Waals surface area contributed by atoms with Crippen LogP contribution in [0.3, 0.4) is 0 Å². The Balaban J connectivity index is 1.93. The molecule has 0 spiro atoms. The first kappa shape index (κ1) is 18.5. The Kier molecular flexibility index (Phi) is 6.59. The molecule has 2 aromatic rings. The Morgan fingerprint density at radius 2 is 1.72 bits per heavy atom. The van der Waals surface area contributed by atoms with Gasteiger partial charge in [0.1, 0.15) is 0 Å². The number of nitrogens with one attached hydrogen (secondary N) is 2. The smallest absolute Gasteiger partial charge is 0.313 e. The molecular weight excluding hydrogens is 330 g/mol. The maximum atomic E-state index is 13.1. The van der Waals surface area contributed by atoms with E-state index in [1.54, 1.807) is 0 Å². The van der Waals surface area contributed by atoms with Crippen LogP contribution in [0.4, 0.5) is 14.5 Å². The van der Waals surface area contributed by atoms with Gasteiger partial charge < -0.3 is 15.7 Å². The number of aliphatic hydroxyl groups is 1. The third kappa shape index (κ3) is 5.36. The van der Waals surface area contributed by atoms with Crippen LogP contribution in [0.15, 0.2) is 48.5 Å². The lowest BCUT2D eigenvalue weighted by Crippen LogP contribution is -2.37. The maximum Gasteiger partial charge on any atom is 0.313 e. The fourth-order valence-electron chi connectivity index (χ4n) is 2.33. The molecule has 0 aliphatic heterocycles. The lowest BCUT2D eigenvalue weighted by Gasteiger charge is -2.17. The van der Waals surface area contributed by atoms with Crippen molar-refractivity contribution in [1.29, 1.82) is 0 Å². The molecule has 25 heavy (non-hydrogen) atoms. The summed E-state index contributed by atoms with van der Waals surface area (Å²) in [6.07, 6.45) is 0.426. The van der Waals surface area contributed by atoms with Gasteiger partial charge in [-0.15, -0.1) is 0 Å². The number of benzene rings is 2. The summed E-state index contributed by atoms with van der Waals surface area (Å²) in [5.41, 5.74) is 0.909. The number of rotatable bonds is 6. The minimum atomic E-state index is -1.12. The summed E-state index contributed by atoms with van der Waals surface area (Å²) in [6, 6.07) is 12.1. The first-order chi connectivity index (χ1) is 12.0. The summed E-state index contributed by atoms with van der Waals surface area (Å²) in [5.74, 6) is -4.20. The molecule has 2 amide bonds. The van der Waals surface area contributed by atoms with Gasteiger partial charge in [-0.2, -0.15) is 0 Å². The SMILES string of the molecule is O=C(NCC(CCO)c1ccccc1)C(=O)Nc1ccc(F)c(F)c1. The zero-order valence-corrected chi connectivity index (χ0v) is 13.3. The topological polar surface area (TPSA) is 78.4 Å². The molecule has 2 rings (SSSR count). The van der Waals surface area contributed by atoms with Gasteiger partial charge in [0.15, 0.2) is 11.6 Å². The molecule has 132 valence electrons. The van der Waals surface area contributed by atoms with Crippen LogP contribution >= 0.6 is 0 Å². The molecule has 1 unspecified atom stereocenters. The molecule has 5 nitrogen and oxygen atoms in total. The van der Waals surface area contributed by atoms with Crippen molar-refractivity contribution in [3.05, 3.63) is 65.7 Å². The largest absolute Gasteiger partial charge is 0.396 e. The number of carbonyl (C=O) groups excluding carboxylic acids is 2. The summed E-state index contributed by atoms with van der Waals surface area (Å²) in [5, 5.41) is 13.8. The lowest BCUT2D eigenvalue weighted by atomic mass is 9.96. The van der Waals surface area contributed by atoms with E-state index in [1.807, 2.05) is 30.3 Å². The van der Waals surface area contributed by atoms with Crippen molar-refractivity contribution in [3.63, 3.8) is 0 Å². The minimum absolute atomic E-state index is 0.0194. The van der Waals surface area contributed by atoms with E-state index in [0.717, 1.165) is 23.8 Å². The van der Waals surface area contributed by atoms with Gasteiger partial charge in [-0.05, 0) is 24.1 Å². The molecule has 0 fully saturated rings. The molecule has 0 bridgehead atoms. The molecule has 2 aromatic carbocycles. The zero-order chi connectivity index (χ0) is 18.2. The Hall–Kier alpha value is -2.80. The van der Waals surface area contributed by atoms with Crippen LogP contribution in [0.2, 0.25) is 0 Å². The van der Waals surface area contributed by atoms with Crippen molar-refractivity contribution >= 4 is 17.5 Å². The number of amides is 2. The van der Waals surface area contributed by atoms with Crippen LogP contribution in [0.1, 0.15) is 17.9 Å². The highest BCUT2D eigenvalue weighted by Gasteiger charge is 2.17. The predicted molar refractivity (Wildman–Crippen MR) is 88.9 cm³/mol. The third-order valence-electron chi connectivity index (χ3n) is 3.64. The van der Waals surface area contributed by atoms with Gasteiger partial charge in [0.2, 0.25) is 0 Å². The number of halogens is 2. The summed E-state index contributed by atoms with van der Waals surface area (Å²) in [7, 11) is 0. The van der Waals surface area contributed by atoms with E-state index in [1.165, 1.54) is 0 Å². The highest BCUT2D eigenvalue weighted by molar-refractivity contribution is 6.39. The van der Waals surface area contributed by atoms with E-state index in [2.05, 4.69) is 10.6 Å². The second-order valence-electron chi connectivity index (χ2n) is 5.41. The number of hydrogen-bond acceptors (Lipinski definition) is 3. The van der Waals surface area contributed by atoms with Gasteiger partial charge in [-0.3, -0.25) is 9.59 Å². The third-order valence-corrected chi connectivity index (χ3v) is 3.64. The number of aliphatic hydroxyl groups excluding tert-OH is 1. The van der Waals surface area contributed by atoms with E-state index in [4.69, 9.17) is 5.11 Å². The molecule has 0 aliphatic carbocycles. The molecule has 7 heteroatoms. The molecule has 0 saturated heterocycles. The highest BCUT2D eigenvalue weighted by atomic mass is 19.2. The van der Waals surface area contributed by atoms with Crippen molar-refractivity contribution in [2.45, 2.75) is 12.3 Å². The molecule has 0 heterocycles. The molecular formula is C18H18F2N2O3. The normalized spacial score (nSPS) is 11.6. The van der Waals surface area contributed by atoms with Crippen LogP contribution in [-0.4, -0.2) is 30.1 Å². The zero-order valence-electron chi connectivity index (χ0n) is 13.3. The Labute approximate surface area is 143 Å². The van der Waals surface area contributed by atoms with E-state index in [-0.39, 0.29) is 24.8 Å². The molecule has 0 aliphatic rings. The Morgan fingerprint density at radius 1 is 1.00 bits per heavy atom. The monoisotopic (exact) mass is 348 g/mol. The Bertz CT molecular complexity index is 738. The average molecular weight is 348 g/mol. The lowest BCUT2D eigenvalue weighted by molar-refractivity contribution is -0.136. The molecule has 1 atom stereocenters. The van der Waals surface area contributed by atoms with Crippen LogP contribution < -0.4 is 10.6 Å².